The molecule has 4 heteroatoms. The van der Waals surface area contributed by atoms with Crippen LogP contribution in [-0.4, -0.2) is 38.1 Å². The quantitative estimate of drug-likeness (QED) is 0.633. The Morgan fingerprint density at radius 1 is 1.26 bits per heavy atom. The molecule has 0 spiro atoms. The van der Waals surface area contributed by atoms with E-state index in [1.54, 1.807) is 0 Å². The third kappa shape index (κ3) is 5.20. The van der Waals surface area contributed by atoms with Crippen molar-refractivity contribution in [2.75, 3.05) is 27.2 Å². The number of rotatable bonds is 6. The molecule has 0 fully saturated rings. The van der Waals surface area contributed by atoms with Crippen LogP contribution in [0.5, 0.6) is 5.75 Å². The predicted molar refractivity (Wildman–Crippen MR) is 80.7 cm³/mol. The van der Waals surface area contributed by atoms with Gasteiger partial charge < -0.3 is 15.0 Å². The number of aliphatic imine (C=N–C) groups is 1. The summed E-state index contributed by atoms with van der Waals surface area (Å²) in [5, 5.41) is 3.32. The molecule has 1 rings (SSSR count). The van der Waals surface area contributed by atoms with Crippen LogP contribution in [0.4, 0.5) is 0 Å². The first-order valence-corrected chi connectivity index (χ1v) is 6.84. The first-order chi connectivity index (χ1) is 9.21. The Morgan fingerprint density at radius 2 is 1.95 bits per heavy atom. The number of benzene rings is 1. The van der Waals surface area contributed by atoms with Gasteiger partial charge in [0.15, 0.2) is 5.96 Å². The molecule has 0 atom stereocenters. The smallest absolute Gasteiger partial charge is 0.193 e. The van der Waals surface area contributed by atoms with E-state index >= 15 is 0 Å². The van der Waals surface area contributed by atoms with Crippen molar-refractivity contribution in [3.8, 4) is 5.75 Å². The topological polar surface area (TPSA) is 36.9 Å². The van der Waals surface area contributed by atoms with E-state index in [0.29, 0.717) is 6.61 Å². The maximum Gasteiger partial charge on any atom is 0.193 e. The van der Waals surface area contributed by atoms with Gasteiger partial charge in [-0.2, -0.15) is 0 Å². The fraction of sp³-hybridized carbons (Fsp3) is 0.533. The molecule has 106 valence electrons. The lowest BCUT2D eigenvalue weighted by atomic mass is 10.2. The van der Waals surface area contributed by atoms with Gasteiger partial charge in [0.25, 0.3) is 0 Å². The third-order valence-electron chi connectivity index (χ3n) is 2.76. The zero-order chi connectivity index (χ0) is 14.1. The van der Waals surface area contributed by atoms with Crippen LogP contribution in [0.1, 0.15) is 25.8 Å². The molecule has 4 nitrogen and oxygen atoms in total. The Hall–Kier alpha value is -1.71. The van der Waals surface area contributed by atoms with Crippen LogP contribution < -0.4 is 10.1 Å². The molecular formula is C15H25N3O. The average Bonchev–Trinajstić information content (AvgIpc) is 2.42. The summed E-state index contributed by atoms with van der Waals surface area (Å²) in [7, 11) is 3.86. The molecule has 0 amide bonds. The lowest BCUT2D eigenvalue weighted by molar-refractivity contribution is 0.340. The molecule has 0 aliphatic heterocycles. The molecule has 1 aromatic carbocycles. The minimum absolute atomic E-state index is 0.701. The van der Waals surface area contributed by atoms with Crippen molar-refractivity contribution in [1.29, 1.82) is 0 Å². The molecule has 0 unspecified atom stereocenters. The van der Waals surface area contributed by atoms with Crippen molar-refractivity contribution in [3.05, 3.63) is 29.8 Å². The van der Waals surface area contributed by atoms with Crippen LogP contribution in [0.3, 0.4) is 0 Å². The molecule has 0 bridgehead atoms. The van der Waals surface area contributed by atoms with Gasteiger partial charge in [-0.3, -0.25) is 4.99 Å². The van der Waals surface area contributed by atoms with Crippen LogP contribution >= 0.6 is 0 Å². The second kappa shape index (κ2) is 8.40. The fourth-order valence-corrected chi connectivity index (χ4v) is 1.83. The van der Waals surface area contributed by atoms with Crippen molar-refractivity contribution in [3.63, 3.8) is 0 Å². The first-order valence-electron chi connectivity index (χ1n) is 6.84. The molecular weight excluding hydrogens is 238 g/mol. The standard InChI is InChI=1S/C15H25N3O/c1-5-11-17-15(16-3)18(4)12-13-7-9-14(10-8-13)19-6-2/h7-10H,5-6,11-12H2,1-4H3,(H,16,17). The maximum absolute atomic E-state index is 5.44. The normalized spacial score (nSPS) is 11.3. The minimum Gasteiger partial charge on any atom is -0.494 e. The van der Waals surface area contributed by atoms with Crippen LogP contribution in [0.15, 0.2) is 29.3 Å². The van der Waals surface area contributed by atoms with Crippen molar-refractivity contribution >= 4 is 5.96 Å². The number of ether oxygens (including phenoxy) is 1. The summed E-state index contributed by atoms with van der Waals surface area (Å²) < 4.78 is 5.44. The molecule has 0 aromatic heterocycles. The van der Waals surface area contributed by atoms with E-state index in [2.05, 4.69) is 34.3 Å². The average molecular weight is 263 g/mol. The summed E-state index contributed by atoms with van der Waals surface area (Å²) in [5.41, 5.74) is 1.24. The van der Waals surface area contributed by atoms with Crippen molar-refractivity contribution < 1.29 is 4.74 Å². The van der Waals surface area contributed by atoms with E-state index in [0.717, 1.165) is 31.2 Å². The van der Waals surface area contributed by atoms with Crippen LogP contribution in [0.25, 0.3) is 0 Å². The van der Waals surface area contributed by atoms with Crippen LogP contribution in [0.2, 0.25) is 0 Å². The highest BCUT2D eigenvalue weighted by Crippen LogP contribution is 2.13. The second-order valence-corrected chi connectivity index (χ2v) is 4.41. The van der Waals surface area contributed by atoms with Crippen molar-refractivity contribution in [2.45, 2.75) is 26.8 Å². The molecule has 0 saturated heterocycles. The number of nitrogens with zero attached hydrogens (tertiary/aromatic N) is 2. The molecule has 1 N–H and O–H groups in total. The van der Waals surface area contributed by atoms with E-state index in [9.17, 15) is 0 Å². The monoisotopic (exact) mass is 263 g/mol. The SMILES string of the molecule is CCCNC(=NC)N(C)Cc1ccc(OCC)cc1. The lowest BCUT2D eigenvalue weighted by Crippen LogP contribution is -2.38. The third-order valence-corrected chi connectivity index (χ3v) is 2.76. The Labute approximate surface area is 116 Å². The van der Waals surface area contributed by atoms with Gasteiger partial charge in [-0.1, -0.05) is 19.1 Å². The lowest BCUT2D eigenvalue weighted by Gasteiger charge is -2.22. The highest BCUT2D eigenvalue weighted by Gasteiger charge is 2.05. The summed E-state index contributed by atoms with van der Waals surface area (Å²) in [6, 6.07) is 8.20. The predicted octanol–water partition coefficient (Wildman–Crippen LogP) is 2.50. The summed E-state index contributed by atoms with van der Waals surface area (Å²) in [6.07, 6.45) is 1.09. The van der Waals surface area contributed by atoms with E-state index in [1.807, 2.05) is 33.2 Å². The summed E-state index contributed by atoms with van der Waals surface area (Å²) in [5.74, 6) is 1.85. The van der Waals surface area contributed by atoms with Gasteiger partial charge in [0, 0.05) is 27.2 Å². The van der Waals surface area contributed by atoms with Gasteiger partial charge in [-0.15, -0.1) is 0 Å². The van der Waals surface area contributed by atoms with Crippen LogP contribution in [0, 0.1) is 0 Å². The summed E-state index contributed by atoms with van der Waals surface area (Å²) >= 11 is 0. The molecule has 0 radical (unpaired) electrons. The number of hydrogen-bond donors (Lipinski definition) is 1. The van der Waals surface area contributed by atoms with E-state index in [-0.39, 0.29) is 0 Å². The number of hydrogen-bond acceptors (Lipinski definition) is 2. The minimum atomic E-state index is 0.701. The molecule has 19 heavy (non-hydrogen) atoms. The van der Waals surface area contributed by atoms with Crippen molar-refractivity contribution in [2.24, 2.45) is 4.99 Å². The first kappa shape index (κ1) is 15.3. The van der Waals surface area contributed by atoms with E-state index in [1.165, 1.54) is 5.56 Å². The fourth-order valence-electron chi connectivity index (χ4n) is 1.83. The molecule has 0 aliphatic rings. The zero-order valence-electron chi connectivity index (χ0n) is 12.4. The Kier molecular flexibility index (Phi) is 6.79. The molecule has 1 aromatic rings. The highest BCUT2D eigenvalue weighted by molar-refractivity contribution is 5.79. The molecule has 0 heterocycles. The van der Waals surface area contributed by atoms with Gasteiger partial charge in [0.2, 0.25) is 0 Å². The largest absolute Gasteiger partial charge is 0.494 e. The Balaban J connectivity index is 2.57. The van der Waals surface area contributed by atoms with Gasteiger partial charge in [-0.25, -0.2) is 0 Å². The number of nitrogens with one attached hydrogen (secondary N) is 1. The van der Waals surface area contributed by atoms with Gasteiger partial charge >= 0.3 is 0 Å². The zero-order valence-corrected chi connectivity index (χ0v) is 12.4. The van der Waals surface area contributed by atoms with Gasteiger partial charge in [0.1, 0.15) is 5.75 Å². The van der Waals surface area contributed by atoms with E-state index < -0.39 is 0 Å². The van der Waals surface area contributed by atoms with Crippen LogP contribution in [-0.2, 0) is 6.54 Å². The van der Waals surface area contributed by atoms with Crippen molar-refractivity contribution in [1.82, 2.24) is 10.2 Å². The summed E-state index contributed by atoms with van der Waals surface area (Å²) in [4.78, 5) is 6.39. The molecule has 0 saturated carbocycles. The molecule has 0 aliphatic carbocycles. The maximum atomic E-state index is 5.44. The Bertz CT molecular complexity index is 387. The Morgan fingerprint density at radius 3 is 2.47 bits per heavy atom. The summed E-state index contributed by atoms with van der Waals surface area (Å²) in [6.45, 7) is 6.61. The highest BCUT2D eigenvalue weighted by atomic mass is 16.5. The van der Waals surface area contributed by atoms with E-state index in [4.69, 9.17) is 4.74 Å². The second-order valence-electron chi connectivity index (χ2n) is 4.41. The van der Waals surface area contributed by atoms with Gasteiger partial charge in [-0.05, 0) is 31.0 Å². The van der Waals surface area contributed by atoms with Gasteiger partial charge in [0.05, 0.1) is 6.61 Å². The number of guanidine groups is 1.